The third-order valence-electron chi connectivity index (χ3n) is 1.79. The molecule has 0 bridgehead atoms. The van der Waals surface area contributed by atoms with Gasteiger partial charge in [-0.2, -0.15) is 0 Å². The second-order valence-corrected chi connectivity index (χ2v) is 4.04. The lowest BCUT2D eigenvalue weighted by molar-refractivity contribution is -0.136. The first-order valence-corrected chi connectivity index (χ1v) is 5.52. The van der Waals surface area contributed by atoms with Gasteiger partial charge < -0.3 is 5.11 Å². The molecule has 0 unspecified atom stereocenters. The van der Waals surface area contributed by atoms with Gasteiger partial charge in [0.25, 0.3) is 6.43 Å². The van der Waals surface area contributed by atoms with E-state index in [4.69, 9.17) is 16.7 Å². The van der Waals surface area contributed by atoms with Gasteiger partial charge in [-0.05, 0) is 27.6 Å². The summed E-state index contributed by atoms with van der Waals surface area (Å²) in [5.74, 6) is -1.12. The SMILES string of the molecule is O=C(O)Cc1cc(CCl)c(Br)c(C(F)F)n1. The molecule has 88 valence electrons. The Morgan fingerprint density at radius 2 is 2.25 bits per heavy atom. The van der Waals surface area contributed by atoms with Crippen LogP contribution in [0, 0.1) is 0 Å². The van der Waals surface area contributed by atoms with E-state index in [2.05, 4.69) is 20.9 Å². The van der Waals surface area contributed by atoms with E-state index in [1.165, 1.54) is 6.07 Å². The van der Waals surface area contributed by atoms with E-state index in [0.29, 0.717) is 5.56 Å². The summed E-state index contributed by atoms with van der Waals surface area (Å²) in [6.07, 6.45) is -3.18. The minimum Gasteiger partial charge on any atom is -0.481 e. The number of halogens is 4. The molecule has 16 heavy (non-hydrogen) atoms. The maximum absolute atomic E-state index is 12.6. The van der Waals surface area contributed by atoms with E-state index >= 15 is 0 Å². The van der Waals surface area contributed by atoms with Crippen LogP contribution in [0.5, 0.6) is 0 Å². The molecule has 0 saturated heterocycles. The van der Waals surface area contributed by atoms with Gasteiger partial charge in [-0.15, -0.1) is 11.6 Å². The summed E-state index contributed by atoms with van der Waals surface area (Å²) in [5, 5.41) is 8.56. The highest BCUT2D eigenvalue weighted by atomic mass is 79.9. The highest BCUT2D eigenvalue weighted by molar-refractivity contribution is 9.10. The average molecular weight is 315 g/mol. The van der Waals surface area contributed by atoms with Gasteiger partial charge in [-0.1, -0.05) is 0 Å². The number of rotatable bonds is 4. The Labute approximate surface area is 104 Å². The zero-order valence-corrected chi connectivity index (χ0v) is 10.2. The Balaban J connectivity index is 3.22. The fraction of sp³-hybridized carbons (Fsp3) is 0.333. The number of pyridine rings is 1. The molecule has 1 heterocycles. The van der Waals surface area contributed by atoms with E-state index in [1.807, 2.05) is 0 Å². The van der Waals surface area contributed by atoms with E-state index in [-0.39, 0.29) is 16.0 Å². The molecular formula is C9H7BrClF2NO2. The van der Waals surface area contributed by atoms with Crippen molar-refractivity contribution in [3.63, 3.8) is 0 Å². The smallest absolute Gasteiger partial charge is 0.309 e. The normalized spacial score (nSPS) is 10.8. The van der Waals surface area contributed by atoms with Gasteiger partial charge in [0.15, 0.2) is 0 Å². The number of hydrogen-bond donors (Lipinski definition) is 1. The summed E-state index contributed by atoms with van der Waals surface area (Å²) in [6, 6.07) is 1.40. The van der Waals surface area contributed by atoms with Gasteiger partial charge in [0.2, 0.25) is 0 Å². The van der Waals surface area contributed by atoms with Crippen molar-refractivity contribution in [2.75, 3.05) is 0 Å². The summed E-state index contributed by atoms with van der Waals surface area (Å²) >= 11 is 8.54. The molecule has 0 aromatic carbocycles. The summed E-state index contributed by atoms with van der Waals surface area (Å²) < 4.78 is 25.3. The molecule has 0 aliphatic rings. The lowest BCUT2D eigenvalue weighted by Crippen LogP contribution is -2.06. The largest absolute Gasteiger partial charge is 0.481 e. The lowest BCUT2D eigenvalue weighted by Gasteiger charge is -2.09. The molecule has 0 spiro atoms. The van der Waals surface area contributed by atoms with Gasteiger partial charge in [0.1, 0.15) is 5.69 Å². The van der Waals surface area contributed by atoms with Crippen LogP contribution in [0.1, 0.15) is 23.4 Å². The van der Waals surface area contributed by atoms with Crippen LogP contribution in [-0.2, 0) is 17.1 Å². The van der Waals surface area contributed by atoms with Crippen molar-refractivity contribution >= 4 is 33.5 Å². The van der Waals surface area contributed by atoms with Crippen LogP contribution in [0.2, 0.25) is 0 Å². The topological polar surface area (TPSA) is 50.2 Å². The Hall–Kier alpha value is -0.750. The molecule has 1 N–H and O–H groups in total. The summed E-state index contributed by atoms with van der Waals surface area (Å²) in [4.78, 5) is 14.0. The van der Waals surface area contributed by atoms with Crippen LogP contribution in [0.15, 0.2) is 10.5 Å². The number of carboxylic acids is 1. The van der Waals surface area contributed by atoms with Crippen molar-refractivity contribution in [2.24, 2.45) is 0 Å². The number of aliphatic carboxylic acids is 1. The second-order valence-electron chi connectivity index (χ2n) is 2.98. The van der Waals surface area contributed by atoms with Gasteiger partial charge in [-0.25, -0.2) is 8.78 Å². The quantitative estimate of drug-likeness (QED) is 0.869. The van der Waals surface area contributed by atoms with E-state index in [0.717, 1.165) is 0 Å². The van der Waals surface area contributed by atoms with Crippen molar-refractivity contribution < 1.29 is 18.7 Å². The summed E-state index contributed by atoms with van der Waals surface area (Å²) in [7, 11) is 0. The number of hydrogen-bond acceptors (Lipinski definition) is 2. The molecular weight excluding hydrogens is 307 g/mol. The molecule has 7 heteroatoms. The first-order valence-electron chi connectivity index (χ1n) is 4.19. The third kappa shape index (κ3) is 3.12. The highest BCUT2D eigenvalue weighted by Gasteiger charge is 2.18. The van der Waals surface area contributed by atoms with Crippen LogP contribution < -0.4 is 0 Å². The predicted molar refractivity (Wildman–Crippen MR) is 57.8 cm³/mol. The number of carbonyl (C=O) groups is 1. The zero-order valence-electron chi connectivity index (χ0n) is 7.88. The molecule has 1 aromatic rings. The molecule has 1 aromatic heterocycles. The number of aromatic nitrogens is 1. The maximum atomic E-state index is 12.6. The minimum atomic E-state index is -2.77. The van der Waals surface area contributed by atoms with E-state index in [9.17, 15) is 13.6 Å². The van der Waals surface area contributed by atoms with Crippen molar-refractivity contribution in [2.45, 2.75) is 18.7 Å². The molecule has 0 amide bonds. The number of nitrogens with zero attached hydrogens (tertiary/aromatic N) is 1. The Morgan fingerprint density at radius 3 is 2.69 bits per heavy atom. The van der Waals surface area contributed by atoms with Gasteiger partial charge in [0, 0.05) is 10.4 Å². The Morgan fingerprint density at radius 1 is 1.62 bits per heavy atom. The molecule has 0 atom stereocenters. The number of carboxylic acid groups (broad SMARTS) is 1. The summed E-state index contributed by atoms with van der Waals surface area (Å²) in [6.45, 7) is 0. The van der Waals surface area contributed by atoms with Crippen LogP contribution in [-0.4, -0.2) is 16.1 Å². The predicted octanol–water partition coefficient (Wildman–Crippen LogP) is 3.15. The Kier molecular flexibility index (Phi) is 4.61. The van der Waals surface area contributed by atoms with Gasteiger partial charge in [0.05, 0.1) is 12.1 Å². The first kappa shape index (κ1) is 13.3. The molecule has 1 rings (SSSR count). The zero-order chi connectivity index (χ0) is 12.3. The average Bonchev–Trinajstić information content (AvgIpc) is 2.19. The van der Waals surface area contributed by atoms with Crippen molar-refractivity contribution in [3.05, 3.63) is 27.5 Å². The van der Waals surface area contributed by atoms with E-state index in [1.54, 1.807) is 0 Å². The molecule has 0 aliphatic heterocycles. The molecule has 0 saturated carbocycles. The Bertz CT molecular complexity index is 415. The monoisotopic (exact) mass is 313 g/mol. The minimum absolute atomic E-state index is 0.00937. The van der Waals surface area contributed by atoms with Crippen LogP contribution in [0.25, 0.3) is 0 Å². The molecule has 0 aliphatic carbocycles. The first-order chi connectivity index (χ1) is 7.45. The molecule has 3 nitrogen and oxygen atoms in total. The second kappa shape index (κ2) is 5.54. The van der Waals surface area contributed by atoms with E-state index < -0.39 is 24.5 Å². The standard InChI is InChI=1S/C9H7BrClF2NO2/c10-7-4(3-11)1-5(2-6(15)16)14-8(7)9(12)13/h1,9H,2-3H2,(H,15,16). The van der Waals surface area contributed by atoms with Crippen molar-refractivity contribution in [1.29, 1.82) is 0 Å². The summed E-state index contributed by atoms with van der Waals surface area (Å²) in [5.41, 5.74) is -0.000679. The van der Waals surface area contributed by atoms with Gasteiger partial charge >= 0.3 is 5.97 Å². The van der Waals surface area contributed by atoms with Gasteiger partial charge in [-0.3, -0.25) is 9.78 Å². The van der Waals surface area contributed by atoms with Crippen molar-refractivity contribution in [3.8, 4) is 0 Å². The maximum Gasteiger partial charge on any atom is 0.309 e. The third-order valence-corrected chi connectivity index (χ3v) is 3.00. The van der Waals surface area contributed by atoms with Crippen LogP contribution >= 0.6 is 27.5 Å². The van der Waals surface area contributed by atoms with Crippen molar-refractivity contribution in [1.82, 2.24) is 4.98 Å². The van der Waals surface area contributed by atoms with Crippen LogP contribution in [0.4, 0.5) is 8.78 Å². The fourth-order valence-corrected chi connectivity index (χ4v) is 2.04. The lowest BCUT2D eigenvalue weighted by atomic mass is 10.2. The molecule has 0 radical (unpaired) electrons. The number of alkyl halides is 3. The molecule has 0 fully saturated rings. The highest BCUT2D eigenvalue weighted by Crippen LogP contribution is 2.30. The fourth-order valence-electron chi connectivity index (χ4n) is 1.15. The van der Waals surface area contributed by atoms with Crippen LogP contribution in [0.3, 0.4) is 0 Å².